The molecule has 23 heavy (non-hydrogen) atoms. The van der Waals surface area contributed by atoms with E-state index >= 15 is 0 Å². The molecule has 2 aromatic rings. The van der Waals surface area contributed by atoms with Crippen LogP contribution < -0.4 is 5.32 Å². The van der Waals surface area contributed by atoms with E-state index in [2.05, 4.69) is 46.1 Å². The zero-order valence-electron chi connectivity index (χ0n) is 13.5. The van der Waals surface area contributed by atoms with Gasteiger partial charge in [-0.05, 0) is 79.4 Å². The normalized spacial score (nSPS) is 34.9. The smallest absolute Gasteiger partial charge is 0.0801 e. The Morgan fingerprint density at radius 2 is 1.78 bits per heavy atom. The minimum atomic E-state index is 0.446. The maximum atomic E-state index is 4.66. The van der Waals surface area contributed by atoms with Gasteiger partial charge in [-0.25, -0.2) is 0 Å². The number of nitrogens with one attached hydrogen (secondary N) is 1. The number of hydrogen-bond acceptors (Lipinski definition) is 3. The summed E-state index contributed by atoms with van der Waals surface area (Å²) in [6.07, 6.45) is 10.8. The number of rotatable bonds is 4. The molecule has 3 heteroatoms. The van der Waals surface area contributed by atoms with Crippen LogP contribution in [0, 0.1) is 17.8 Å². The molecule has 0 unspecified atom stereocenters. The van der Waals surface area contributed by atoms with Gasteiger partial charge in [-0.3, -0.25) is 4.98 Å². The van der Waals surface area contributed by atoms with Crippen molar-refractivity contribution in [3.63, 3.8) is 0 Å². The Hall–Kier alpha value is -1.19. The van der Waals surface area contributed by atoms with Crippen LogP contribution in [-0.2, 0) is 6.54 Å². The van der Waals surface area contributed by atoms with Gasteiger partial charge in [0.05, 0.1) is 10.6 Å². The van der Waals surface area contributed by atoms with Crippen molar-refractivity contribution in [1.82, 2.24) is 10.3 Å². The summed E-state index contributed by atoms with van der Waals surface area (Å²) < 4.78 is 0. The second-order valence-corrected chi connectivity index (χ2v) is 9.03. The summed E-state index contributed by atoms with van der Waals surface area (Å²) in [6, 6.07) is 8.64. The molecule has 2 nitrogen and oxygen atoms in total. The van der Waals surface area contributed by atoms with Crippen molar-refractivity contribution in [2.75, 3.05) is 0 Å². The molecule has 0 aromatic carbocycles. The SMILES string of the molecule is c1csc(-c2ccc(CNC34CC5CC(CC(C5)C3)C4)cn2)c1. The predicted octanol–water partition coefficient (Wildman–Crippen LogP) is 4.87. The Morgan fingerprint density at radius 3 is 2.35 bits per heavy atom. The average molecular weight is 324 g/mol. The van der Waals surface area contributed by atoms with Gasteiger partial charge < -0.3 is 5.32 Å². The highest BCUT2D eigenvalue weighted by Crippen LogP contribution is 2.55. The lowest BCUT2D eigenvalue weighted by Crippen LogP contribution is -2.58. The fourth-order valence-corrected chi connectivity index (χ4v) is 6.42. The molecule has 4 aliphatic carbocycles. The van der Waals surface area contributed by atoms with Gasteiger partial charge in [0.2, 0.25) is 0 Å². The highest BCUT2D eigenvalue weighted by atomic mass is 32.1. The minimum Gasteiger partial charge on any atom is -0.307 e. The van der Waals surface area contributed by atoms with E-state index < -0.39 is 0 Å². The molecule has 0 radical (unpaired) electrons. The van der Waals surface area contributed by atoms with Crippen molar-refractivity contribution in [2.24, 2.45) is 17.8 Å². The van der Waals surface area contributed by atoms with Crippen LogP contribution in [0.3, 0.4) is 0 Å². The van der Waals surface area contributed by atoms with E-state index in [1.807, 2.05) is 0 Å². The third-order valence-electron chi connectivity index (χ3n) is 6.30. The first kappa shape index (κ1) is 14.2. The summed E-state index contributed by atoms with van der Waals surface area (Å²) in [5.41, 5.74) is 2.86. The minimum absolute atomic E-state index is 0.446. The summed E-state index contributed by atoms with van der Waals surface area (Å²) in [6.45, 7) is 0.976. The summed E-state index contributed by atoms with van der Waals surface area (Å²) in [5, 5.41) is 6.07. The maximum Gasteiger partial charge on any atom is 0.0801 e. The molecule has 6 rings (SSSR count). The predicted molar refractivity (Wildman–Crippen MR) is 95.3 cm³/mol. The maximum absolute atomic E-state index is 4.66. The molecular weight excluding hydrogens is 300 g/mol. The first-order chi connectivity index (χ1) is 11.3. The molecule has 4 bridgehead atoms. The van der Waals surface area contributed by atoms with Gasteiger partial charge in [-0.2, -0.15) is 0 Å². The lowest BCUT2D eigenvalue weighted by molar-refractivity contribution is -0.0206. The molecule has 0 spiro atoms. The second-order valence-electron chi connectivity index (χ2n) is 8.08. The van der Waals surface area contributed by atoms with Gasteiger partial charge in [-0.1, -0.05) is 12.1 Å². The Morgan fingerprint density at radius 1 is 1.04 bits per heavy atom. The van der Waals surface area contributed by atoms with Crippen molar-refractivity contribution < 1.29 is 0 Å². The third-order valence-corrected chi connectivity index (χ3v) is 7.20. The average Bonchev–Trinajstić information content (AvgIpc) is 3.07. The van der Waals surface area contributed by atoms with Crippen LogP contribution in [0.5, 0.6) is 0 Å². The topological polar surface area (TPSA) is 24.9 Å². The van der Waals surface area contributed by atoms with Crippen LogP contribution in [0.25, 0.3) is 10.6 Å². The van der Waals surface area contributed by atoms with Crippen LogP contribution in [-0.4, -0.2) is 10.5 Å². The largest absolute Gasteiger partial charge is 0.307 e. The molecule has 0 amide bonds. The highest BCUT2D eigenvalue weighted by molar-refractivity contribution is 7.13. The van der Waals surface area contributed by atoms with Crippen LogP contribution in [0.2, 0.25) is 0 Å². The first-order valence-corrected chi connectivity index (χ1v) is 9.90. The molecule has 4 fully saturated rings. The van der Waals surface area contributed by atoms with E-state index in [9.17, 15) is 0 Å². The summed E-state index contributed by atoms with van der Waals surface area (Å²) in [5.74, 6) is 3.02. The Kier molecular flexibility index (Phi) is 3.34. The van der Waals surface area contributed by atoms with Crippen molar-refractivity contribution in [3.05, 3.63) is 41.4 Å². The molecule has 0 aliphatic heterocycles. The molecule has 0 saturated heterocycles. The number of thiophene rings is 1. The number of pyridine rings is 1. The van der Waals surface area contributed by atoms with Gasteiger partial charge >= 0.3 is 0 Å². The standard InChI is InChI=1S/C20H24N2S/c1-2-19(23-5-1)18-4-3-14(12-21-18)13-22-20-9-15-6-16(10-20)8-17(7-15)11-20/h1-5,12,15-17,22H,6-11,13H2. The molecule has 2 aromatic heterocycles. The lowest BCUT2D eigenvalue weighted by Gasteiger charge is -2.57. The number of aromatic nitrogens is 1. The molecule has 1 N–H and O–H groups in total. The van der Waals surface area contributed by atoms with E-state index in [0.29, 0.717) is 5.54 Å². The summed E-state index contributed by atoms with van der Waals surface area (Å²) >= 11 is 1.76. The van der Waals surface area contributed by atoms with Crippen LogP contribution in [0.15, 0.2) is 35.8 Å². The molecule has 0 atom stereocenters. The van der Waals surface area contributed by atoms with Gasteiger partial charge in [0.25, 0.3) is 0 Å². The van der Waals surface area contributed by atoms with Crippen LogP contribution in [0.1, 0.15) is 44.1 Å². The molecule has 120 valence electrons. The van der Waals surface area contributed by atoms with Crippen molar-refractivity contribution in [2.45, 2.75) is 50.6 Å². The highest BCUT2D eigenvalue weighted by Gasteiger charge is 2.50. The monoisotopic (exact) mass is 324 g/mol. The fraction of sp³-hybridized carbons (Fsp3) is 0.550. The Balaban J connectivity index is 1.28. The van der Waals surface area contributed by atoms with Crippen molar-refractivity contribution in [1.29, 1.82) is 0 Å². The van der Waals surface area contributed by atoms with E-state index in [1.54, 1.807) is 11.3 Å². The van der Waals surface area contributed by atoms with E-state index in [4.69, 9.17) is 0 Å². The lowest BCUT2D eigenvalue weighted by atomic mass is 9.53. The summed E-state index contributed by atoms with van der Waals surface area (Å²) in [4.78, 5) is 5.91. The molecule has 2 heterocycles. The van der Waals surface area contributed by atoms with E-state index in [1.165, 1.54) is 49.0 Å². The van der Waals surface area contributed by atoms with Crippen molar-refractivity contribution in [3.8, 4) is 10.6 Å². The molecule has 4 saturated carbocycles. The number of hydrogen-bond donors (Lipinski definition) is 1. The zero-order valence-corrected chi connectivity index (χ0v) is 14.3. The number of nitrogens with zero attached hydrogens (tertiary/aromatic N) is 1. The fourth-order valence-electron chi connectivity index (χ4n) is 5.72. The molecule has 4 aliphatic rings. The van der Waals surface area contributed by atoms with E-state index in [0.717, 1.165) is 30.0 Å². The Bertz CT molecular complexity index is 639. The van der Waals surface area contributed by atoms with Crippen LogP contribution >= 0.6 is 11.3 Å². The van der Waals surface area contributed by atoms with Crippen LogP contribution in [0.4, 0.5) is 0 Å². The van der Waals surface area contributed by atoms with Gasteiger partial charge in [-0.15, -0.1) is 11.3 Å². The van der Waals surface area contributed by atoms with E-state index in [-0.39, 0.29) is 0 Å². The Labute approximate surface area is 142 Å². The third kappa shape index (κ3) is 2.64. The van der Waals surface area contributed by atoms with Gasteiger partial charge in [0.15, 0.2) is 0 Å². The van der Waals surface area contributed by atoms with Gasteiger partial charge in [0.1, 0.15) is 0 Å². The quantitative estimate of drug-likeness (QED) is 0.868. The zero-order chi connectivity index (χ0) is 15.3. The second kappa shape index (κ2) is 5.42. The van der Waals surface area contributed by atoms with Gasteiger partial charge in [0, 0.05) is 18.3 Å². The summed E-state index contributed by atoms with van der Waals surface area (Å²) in [7, 11) is 0. The first-order valence-electron chi connectivity index (χ1n) is 9.02. The molecular formula is C20H24N2S. The van der Waals surface area contributed by atoms with Crippen molar-refractivity contribution >= 4 is 11.3 Å².